The Hall–Kier alpha value is -2.15. The number of hydrogen-bond donors (Lipinski definition) is 1. The second-order valence-electron chi connectivity index (χ2n) is 5.61. The molecule has 0 saturated heterocycles. The van der Waals surface area contributed by atoms with Crippen LogP contribution in [0, 0.1) is 6.92 Å². The molecular formula is C18H19ClN2O3S. The number of carbonyl (C=O) groups excluding carboxylic acids is 1. The number of aryl methyl sites for hydroxylation is 1. The number of carbonyl (C=O) groups is 1. The molecule has 1 amide bonds. The maximum absolute atomic E-state index is 12.3. The Labute approximate surface area is 153 Å². The summed E-state index contributed by atoms with van der Waals surface area (Å²) >= 11 is 6.03. The molecule has 25 heavy (non-hydrogen) atoms. The second kappa shape index (κ2) is 7.82. The lowest BCUT2D eigenvalue weighted by Gasteiger charge is -2.14. The molecule has 132 valence electrons. The average molecular weight is 379 g/mol. The molecular weight excluding hydrogens is 360 g/mol. The van der Waals surface area contributed by atoms with Crippen LogP contribution in [0.2, 0.25) is 5.02 Å². The molecule has 0 fully saturated rings. The highest BCUT2D eigenvalue weighted by atomic mass is 35.5. The standard InChI is InChI=1S/C18H19ClN2O3S/c1-13-8-10-15(12-17(13)25(23,24)21(2)3)20-18(22)11-9-14-6-4-5-7-16(14)19/h4-12H,1-3H3,(H,20,22). The number of benzene rings is 2. The first-order valence-electron chi connectivity index (χ1n) is 7.48. The van der Waals surface area contributed by atoms with Crippen molar-refractivity contribution in [2.45, 2.75) is 11.8 Å². The molecule has 7 heteroatoms. The van der Waals surface area contributed by atoms with Gasteiger partial charge in [0.15, 0.2) is 0 Å². The summed E-state index contributed by atoms with van der Waals surface area (Å²) < 4.78 is 25.8. The van der Waals surface area contributed by atoms with Gasteiger partial charge in [-0.2, -0.15) is 0 Å². The lowest BCUT2D eigenvalue weighted by molar-refractivity contribution is -0.111. The molecule has 0 aromatic heterocycles. The van der Waals surface area contributed by atoms with Gasteiger partial charge in [-0.15, -0.1) is 0 Å². The number of rotatable bonds is 5. The molecule has 0 atom stereocenters. The zero-order valence-electron chi connectivity index (χ0n) is 14.2. The summed E-state index contributed by atoms with van der Waals surface area (Å²) in [5.74, 6) is -0.378. The fraction of sp³-hybridized carbons (Fsp3) is 0.167. The highest BCUT2D eigenvalue weighted by Gasteiger charge is 2.20. The van der Waals surface area contributed by atoms with E-state index in [0.29, 0.717) is 16.3 Å². The van der Waals surface area contributed by atoms with Crippen LogP contribution in [0.4, 0.5) is 5.69 Å². The lowest BCUT2D eigenvalue weighted by Crippen LogP contribution is -2.23. The van der Waals surface area contributed by atoms with Crippen molar-refractivity contribution in [2.75, 3.05) is 19.4 Å². The Kier molecular flexibility index (Phi) is 6.00. The Morgan fingerprint density at radius 3 is 2.48 bits per heavy atom. The number of halogens is 1. The highest BCUT2D eigenvalue weighted by Crippen LogP contribution is 2.22. The third-order valence-corrected chi connectivity index (χ3v) is 5.84. The fourth-order valence-electron chi connectivity index (χ4n) is 2.11. The topological polar surface area (TPSA) is 66.5 Å². The van der Waals surface area contributed by atoms with Crippen molar-refractivity contribution in [3.05, 3.63) is 64.7 Å². The van der Waals surface area contributed by atoms with Crippen molar-refractivity contribution in [3.63, 3.8) is 0 Å². The summed E-state index contributed by atoms with van der Waals surface area (Å²) in [4.78, 5) is 12.2. The lowest BCUT2D eigenvalue weighted by atomic mass is 10.2. The van der Waals surface area contributed by atoms with Gasteiger partial charge < -0.3 is 5.32 Å². The van der Waals surface area contributed by atoms with E-state index in [1.165, 1.54) is 26.2 Å². The van der Waals surface area contributed by atoms with E-state index < -0.39 is 10.0 Å². The van der Waals surface area contributed by atoms with Crippen LogP contribution in [-0.4, -0.2) is 32.7 Å². The Morgan fingerprint density at radius 1 is 1.16 bits per heavy atom. The molecule has 0 aliphatic heterocycles. The third kappa shape index (κ3) is 4.69. The van der Waals surface area contributed by atoms with E-state index in [0.717, 1.165) is 9.87 Å². The molecule has 1 N–H and O–H groups in total. The number of nitrogens with zero attached hydrogens (tertiary/aromatic N) is 1. The molecule has 0 radical (unpaired) electrons. The maximum Gasteiger partial charge on any atom is 0.248 e. The van der Waals surface area contributed by atoms with E-state index >= 15 is 0 Å². The minimum absolute atomic E-state index is 0.158. The van der Waals surface area contributed by atoms with Gasteiger partial charge >= 0.3 is 0 Å². The minimum Gasteiger partial charge on any atom is -0.322 e. The second-order valence-corrected chi connectivity index (χ2v) is 8.14. The van der Waals surface area contributed by atoms with Crippen LogP contribution in [0.1, 0.15) is 11.1 Å². The van der Waals surface area contributed by atoms with Crippen LogP contribution in [0.5, 0.6) is 0 Å². The molecule has 5 nitrogen and oxygen atoms in total. The molecule has 0 saturated carbocycles. The molecule has 0 aliphatic carbocycles. The van der Waals surface area contributed by atoms with Crippen molar-refractivity contribution < 1.29 is 13.2 Å². The Balaban J connectivity index is 2.21. The number of hydrogen-bond acceptors (Lipinski definition) is 3. The van der Waals surface area contributed by atoms with Crippen molar-refractivity contribution in [3.8, 4) is 0 Å². The van der Waals surface area contributed by atoms with Crippen LogP contribution >= 0.6 is 11.6 Å². The maximum atomic E-state index is 12.3. The first-order valence-corrected chi connectivity index (χ1v) is 9.30. The van der Waals surface area contributed by atoms with E-state index in [4.69, 9.17) is 11.6 Å². The van der Waals surface area contributed by atoms with Gasteiger partial charge in [0.25, 0.3) is 0 Å². The molecule has 2 aromatic rings. The van der Waals surface area contributed by atoms with Crippen molar-refractivity contribution >= 4 is 39.3 Å². The minimum atomic E-state index is -3.58. The number of nitrogens with one attached hydrogen (secondary N) is 1. The van der Waals surface area contributed by atoms with E-state index in [1.54, 1.807) is 43.3 Å². The number of anilines is 1. The zero-order valence-corrected chi connectivity index (χ0v) is 15.7. The quantitative estimate of drug-likeness (QED) is 0.809. The number of sulfonamides is 1. The Morgan fingerprint density at radius 2 is 1.84 bits per heavy atom. The summed E-state index contributed by atoms with van der Waals surface area (Å²) in [6.45, 7) is 1.71. The predicted molar refractivity (Wildman–Crippen MR) is 101 cm³/mol. The SMILES string of the molecule is Cc1ccc(NC(=O)C=Cc2ccccc2Cl)cc1S(=O)(=O)N(C)C. The summed E-state index contributed by atoms with van der Waals surface area (Å²) in [5.41, 5.74) is 1.73. The summed E-state index contributed by atoms with van der Waals surface area (Å²) in [6.07, 6.45) is 2.95. The van der Waals surface area contributed by atoms with Crippen LogP contribution in [0.25, 0.3) is 6.08 Å². The van der Waals surface area contributed by atoms with Gasteiger partial charge in [-0.25, -0.2) is 12.7 Å². The summed E-state index contributed by atoms with van der Waals surface area (Å²) in [7, 11) is -0.651. The van der Waals surface area contributed by atoms with Crippen molar-refractivity contribution in [1.82, 2.24) is 4.31 Å². The van der Waals surface area contributed by atoms with Gasteiger partial charge in [0.2, 0.25) is 15.9 Å². The molecule has 0 spiro atoms. The fourth-order valence-corrected chi connectivity index (χ4v) is 3.46. The first-order chi connectivity index (χ1) is 11.7. The van der Waals surface area contributed by atoms with Crippen LogP contribution in [-0.2, 0) is 14.8 Å². The van der Waals surface area contributed by atoms with E-state index in [1.807, 2.05) is 6.07 Å². The monoisotopic (exact) mass is 378 g/mol. The average Bonchev–Trinajstić information content (AvgIpc) is 2.55. The smallest absolute Gasteiger partial charge is 0.248 e. The largest absolute Gasteiger partial charge is 0.322 e. The molecule has 0 unspecified atom stereocenters. The zero-order chi connectivity index (χ0) is 18.6. The van der Waals surface area contributed by atoms with Gasteiger partial charge in [0, 0.05) is 30.9 Å². The van der Waals surface area contributed by atoms with E-state index in [9.17, 15) is 13.2 Å². The summed E-state index contributed by atoms with van der Waals surface area (Å²) in [6, 6.07) is 11.9. The van der Waals surface area contributed by atoms with Gasteiger partial charge in [-0.1, -0.05) is 35.9 Å². The Bertz CT molecular complexity index is 922. The molecule has 2 rings (SSSR count). The number of amides is 1. The molecule has 0 aliphatic rings. The van der Waals surface area contributed by atoms with Gasteiger partial charge in [-0.05, 0) is 42.3 Å². The van der Waals surface area contributed by atoms with Gasteiger partial charge in [0.1, 0.15) is 0 Å². The summed E-state index contributed by atoms with van der Waals surface area (Å²) in [5, 5.41) is 3.20. The molecule has 0 heterocycles. The molecule has 0 bridgehead atoms. The van der Waals surface area contributed by atoms with Gasteiger partial charge in [0.05, 0.1) is 4.90 Å². The van der Waals surface area contributed by atoms with E-state index in [-0.39, 0.29) is 10.8 Å². The highest BCUT2D eigenvalue weighted by molar-refractivity contribution is 7.89. The van der Waals surface area contributed by atoms with E-state index in [2.05, 4.69) is 5.32 Å². The first kappa shape index (κ1) is 19.2. The van der Waals surface area contributed by atoms with Gasteiger partial charge in [-0.3, -0.25) is 4.79 Å². The van der Waals surface area contributed by atoms with Crippen molar-refractivity contribution in [1.29, 1.82) is 0 Å². The predicted octanol–water partition coefficient (Wildman–Crippen LogP) is 3.55. The third-order valence-electron chi connectivity index (χ3n) is 3.53. The van der Waals surface area contributed by atoms with Crippen LogP contribution in [0.15, 0.2) is 53.4 Å². The normalized spacial score (nSPS) is 11.9. The van der Waals surface area contributed by atoms with Crippen molar-refractivity contribution in [2.24, 2.45) is 0 Å². The van der Waals surface area contributed by atoms with Crippen LogP contribution in [0.3, 0.4) is 0 Å². The van der Waals surface area contributed by atoms with Crippen LogP contribution < -0.4 is 5.32 Å². The molecule has 2 aromatic carbocycles.